The molecular weight excluding hydrogens is 318 g/mol. The van der Waals surface area contributed by atoms with Gasteiger partial charge < -0.3 is 14.8 Å². The lowest BCUT2D eigenvalue weighted by atomic mass is 9.84. The van der Waals surface area contributed by atoms with E-state index < -0.39 is 0 Å². The smallest absolute Gasteiger partial charge is 0.223 e. The normalized spacial score (nSPS) is 29.2. The number of hydrogen-bond acceptors (Lipinski definition) is 5. The number of rotatable bonds is 6. The molecule has 1 aromatic rings. The Balaban J connectivity index is 1.30. The molecule has 3 aliphatic rings. The van der Waals surface area contributed by atoms with Crippen molar-refractivity contribution in [3.63, 3.8) is 0 Å². The molecule has 0 aromatic carbocycles. The fraction of sp³-hybridized carbons (Fsp3) is 0.684. The van der Waals surface area contributed by atoms with Gasteiger partial charge in [0, 0.05) is 43.2 Å². The van der Waals surface area contributed by atoms with Gasteiger partial charge in [0.25, 0.3) is 0 Å². The van der Waals surface area contributed by atoms with Gasteiger partial charge in [0.15, 0.2) is 0 Å². The van der Waals surface area contributed by atoms with Crippen molar-refractivity contribution in [2.45, 2.75) is 31.9 Å². The van der Waals surface area contributed by atoms with Crippen LogP contribution in [-0.4, -0.2) is 55.2 Å². The molecule has 1 amide bonds. The lowest BCUT2D eigenvalue weighted by Gasteiger charge is -2.35. The number of nitrogens with one attached hydrogen (secondary N) is 1. The van der Waals surface area contributed by atoms with Crippen molar-refractivity contribution in [2.75, 3.05) is 33.4 Å². The molecule has 3 heterocycles. The molecule has 136 valence electrons. The predicted molar refractivity (Wildman–Crippen MR) is 93.1 cm³/mol. The number of fused-ring (bicyclic) bond motifs is 1. The minimum absolute atomic E-state index is 0.183. The van der Waals surface area contributed by atoms with Crippen molar-refractivity contribution in [3.8, 4) is 5.88 Å². The molecule has 1 aliphatic carbocycles. The quantitative estimate of drug-likeness (QED) is 0.846. The van der Waals surface area contributed by atoms with Crippen molar-refractivity contribution < 1.29 is 14.3 Å². The lowest BCUT2D eigenvalue weighted by Crippen LogP contribution is -2.43. The average Bonchev–Trinajstić information content (AvgIpc) is 3.41. The van der Waals surface area contributed by atoms with E-state index in [0.717, 1.165) is 51.1 Å². The van der Waals surface area contributed by atoms with Crippen LogP contribution in [0.15, 0.2) is 18.3 Å². The van der Waals surface area contributed by atoms with Crippen LogP contribution in [0.3, 0.4) is 0 Å². The topological polar surface area (TPSA) is 63.7 Å². The van der Waals surface area contributed by atoms with Gasteiger partial charge in [-0.2, -0.15) is 0 Å². The fourth-order valence-corrected chi connectivity index (χ4v) is 4.18. The fourth-order valence-electron chi connectivity index (χ4n) is 4.18. The van der Waals surface area contributed by atoms with E-state index in [4.69, 9.17) is 9.47 Å². The number of methoxy groups -OCH3 is 1. The molecule has 1 aromatic heterocycles. The van der Waals surface area contributed by atoms with Gasteiger partial charge in [-0.3, -0.25) is 9.69 Å². The van der Waals surface area contributed by atoms with Gasteiger partial charge in [0.1, 0.15) is 0 Å². The maximum absolute atomic E-state index is 11.8. The van der Waals surface area contributed by atoms with Crippen molar-refractivity contribution in [1.29, 1.82) is 0 Å². The first-order valence-electron chi connectivity index (χ1n) is 9.34. The zero-order valence-electron chi connectivity index (χ0n) is 14.8. The number of pyridine rings is 1. The second-order valence-corrected chi connectivity index (χ2v) is 7.51. The number of piperidine rings is 1. The molecule has 0 spiro atoms. The summed E-state index contributed by atoms with van der Waals surface area (Å²) in [4.78, 5) is 18.6. The highest BCUT2D eigenvalue weighted by molar-refractivity contribution is 5.80. The summed E-state index contributed by atoms with van der Waals surface area (Å²) in [6.07, 6.45) is 5.17. The van der Waals surface area contributed by atoms with Crippen LogP contribution in [0.5, 0.6) is 5.88 Å². The van der Waals surface area contributed by atoms with Crippen LogP contribution in [0.25, 0.3) is 0 Å². The molecular formula is C19H27N3O3. The van der Waals surface area contributed by atoms with Crippen LogP contribution in [-0.2, 0) is 16.1 Å². The first-order valence-corrected chi connectivity index (χ1v) is 9.34. The Labute approximate surface area is 148 Å². The molecule has 0 radical (unpaired) electrons. The number of hydrogen-bond donors (Lipinski definition) is 1. The first kappa shape index (κ1) is 16.8. The van der Waals surface area contributed by atoms with E-state index in [1.807, 2.05) is 6.07 Å². The van der Waals surface area contributed by atoms with Gasteiger partial charge >= 0.3 is 0 Å². The zero-order chi connectivity index (χ0) is 17.2. The monoisotopic (exact) mass is 345 g/mol. The number of aromatic nitrogens is 1. The van der Waals surface area contributed by atoms with E-state index in [-0.39, 0.29) is 17.9 Å². The van der Waals surface area contributed by atoms with E-state index in [1.54, 1.807) is 13.3 Å². The second-order valence-electron chi connectivity index (χ2n) is 7.51. The summed E-state index contributed by atoms with van der Waals surface area (Å²) in [6, 6.07) is 4.04. The zero-order valence-corrected chi connectivity index (χ0v) is 14.8. The van der Waals surface area contributed by atoms with Crippen LogP contribution in [0.1, 0.15) is 24.8 Å². The number of ether oxygens (including phenoxy) is 2. The first-order chi connectivity index (χ1) is 12.2. The van der Waals surface area contributed by atoms with E-state index in [0.29, 0.717) is 24.3 Å². The van der Waals surface area contributed by atoms with Gasteiger partial charge in [-0.1, -0.05) is 6.07 Å². The third kappa shape index (κ3) is 3.80. The Bertz CT molecular complexity index is 620. The summed E-state index contributed by atoms with van der Waals surface area (Å²) in [5, 5.41) is 3.08. The average molecular weight is 345 g/mol. The number of nitrogens with zero attached hydrogens (tertiary/aromatic N) is 2. The molecule has 0 unspecified atom stereocenters. The largest absolute Gasteiger partial charge is 0.481 e. The maximum atomic E-state index is 11.8. The van der Waals surface area contributed by atoms with Crippen molar-refractivity contribution >= 4 is 5.91 Å². The highest BCUT2D eigenvalue weighted by Crippen LogP contribution is 2.35. The van der Waals surface area contributed by atoms with Gasteiger partial charge in [0.05, 0.1) is 19.8 Å². The van der Waals surface area contributed by atoms with Crippen LogP contribution in [0.4, 0.5) is 0 Å². The Kier molecular flexibility index (Phi) is 4.90. The molecule has 2 aliphatic heterocycles. The molecule has 1 saturated carbocycles. The summed E-state index contributed by atoms with van der Waals surface area (Å²) < 4.78 is 11.4. The van der Waals surface area contributed by atoms with Gasteiger partial charge in [-0.05, 0) is 37.8 Å². The number of carbonyl (C=O) groups is 1. The van der Waals surface area contributed by atoms with Crippen molar-refractivity contribution in [2.24, 2.45) is 17.8 Å². The standard InChI is InChI=1S/C19H27N3O3/c1-24-19-14(3-2-7-20-19)10-22-8-6-16-15(11-22)12-25-17(16)9-21-18(23)13-4-5-13/h2-3,7,13,15-17H,4-6,8-12H2,1H3,(H,21,23)/t15-,16-,17-/m0/s1. The maximum Gasteiger partial charge on any atom is 0.223 e. The van der Waals surface area contributed by atoms with Crippen LogP contribution >= 0.6 is 0 Å². The SMILES string of the molecule is COc1ncccc1CN1CC[C@H]2[C@H](CO[C@H]2CNC(=O)C2CC2)C1. The Morgan fingerprint density at radius 3 is 3.12 bits per heavy atom. The molecule has 1 N–H and O–H groups in total. The predicted octanol–water partition coefficient (Wildman–Crippen LogP) is 1.45. The van der Waals surface area contributed by atoms with E-state index in [9.17, 15) is 4.79 Å². The summed E-state index contributed by atoms with van der Waals surface area (Å²) in [6.45, 7) is 4.43. The summed E-state index contributed by atoms with van der Waals surface area (Å²) >= 11 is 0. The van der Waals surface area contributed by atoms with Crippen LogP contribution < -0.4 is 10.1 Å². The second kappa shape index (κ2) is 7.30. The van der Waals surface area contributed by atoms with Crippen LogP contribution in [0, 0.1) is 17.8 Å². The summed E-state index contributed by atoms with van der Waals surface area (Å²) in [5.74, 6) is 2.32. The molecule has 25 heavy (non-hydrogen) atoms. The minimum atomic E-state index is 0.183. The van der Waals surface area contributed by atoms with E-state index in [2.05, 4.69) is 21.3 Å². The summed E-state index contributed by atoms with van der Waals surface area (Å²) in [5.41, 5.74) is 1.13. The van der Waals surface area contributed by atoms with Crippen LogP contribution in [0.2, 0.25) is 0 Å². The number of amides is 1. The number of carbonyl (C=O) groups excluding carboxylic acids is 1. The third-order valence-electron chi connectivity index (χ3n) is 5.74. The molecule has 0 bridgehead atoms. The molecule has 6 heteroatoms. The lowest BCUT2D eigenvalue weighted by molar-refractivity contribution is -0.122. The minimum Gasteiger partial charge on any atom is -0.481 e. The Hall–Kier alpha value is -1.66. The molecule has 4 rings (SSSR count). The summed E-state index contributed by atoms with van der Waals surface area (Å²) in [7, 11) is 1.67. The molecule has 3 atom stereocenters. The van der Waals surface area contributed by atoms with E-state index >= 15 is 0 Å². The molecule has 3 fully saturated rings. The van der Waals surface area contributed by atoms with Crippen molar-refractivity contribution in [3.05, 3.63) is 23.9 Å². The third-order valence-corrected chi connectivity index (χ3v) is 5.74. The van der Waals surface area contributed by atoms with Gasteiger partial charge in [-0.25, -0.2) is 4.98 Å². The van der Waals surface area contributed by atoms with Gasteiger partial charge in [0.2, 0.25) is 11.8 Å². The Morgan fingerprint density at radius 1 is 1.44 bits per heavy atom. The number of likely N-dealkylation sites (tertiary alicyclic amines) is 1. The highest BCUT2D eigenvalue weighted by atomic mass is 16.5. The molecule has 2 saturated heterocycles. The van der Waals surface area contributed by atoms with E-state index in [1.165, 1.54) is 0 Å². The Morgan fingerprint density at radius 2 is 2.32 bits per heavy atom. The van der Waals surface area contributed by atoms with Crippen molar-refractivity contribution in [1.82, 2.24) is 15.2 Å². The van der Waals surface area contributed by atoms with Gasteiger partial charge in [-0.15, -0.1) is 0 Å². The highest BCUT2D eigenvalue weighted by Gasteiger charge is 2.41. The molecule has 6 nitrogen and oxygen atoms in total.